The summed E-state index contributed by atoms with van der Waals surface area (Å²) in [5.74, 6) is 0. The molecule has 1 amide bonds. The van der Waals surface area contributed by atoms with Crippen molar-refractivity contribution >= 4 is 12.1 Å². The Morgan fingerprint density at radius 3 is 2.90 bits per heavy atom. The topological polar surface area (TPSA) is 29.1 Å². The minimum Gasteiger partial charge on any atom is -0.318 e. The minimum absolute atomic E-state index is 0.787. The van der Waals surface area contributed by atoms with Crippen LogP contribution in [0.5, 0.6) is 0 Å². The van der Waals surface area contributed by atoms with Crippen LogP contribution in [-0.4, -0.2) is 6.41 Å². The Hall–Kier alpha value is -1.31. The van der Waals surface area contributed by atoms with E-state index in [1.165, 1.54) is 0 Å². The highest BCUT2D eigenvalue weighted by atomic mass is 16.1. The molecule has 0 spiro atoms. The highest BCUT2D eigenvalue weighted by Crippen LogP contribution is 2.07. The van der Waals surface area contributed by atoms with Gasteiger partial charge in [-0.25, -0.2) is 0 Å². The molecule has 0 bridgehead atoms. The Morgan fingerprint density at radius 1 is 1.50 bits per heavy atom. The number of hydrogen-bond donors (Lipinski definition) is 1. The van der Waals surface area contributed by atoms with E-state index in [-0.39, 0.29) is 0 Å². The summed E-state index contributed by atoms with van der Waals surface area (Å²) >= 11 is 0. The predicted molar refractivity (Wildman–Crippen MR) is 40.5 cm³/mol. The number of amides is 1. The molecule has 1 rings (SSSR count). The maximum Gasteiger partial charge on any atom is 0.314 e. The van der Waals surface area contributed by atoms with E-state index >= 15 is 0 Å². The quantitative estimate of drug-likeness (QED) is 0.610. The molecular formula is C8H8NO. The van der Waals surface area contributed by atoms with E-state index in [1.807, 2.05) is 31.2 Å². The highest BCUT2D eigenvalue weighted by Gasteiger charge is 1.88. The molecule has 0 aliphatic rings. The molecule has 0 heterocycles. The fourth-order valence-electron chi connectivity index (χ4n) is 0.782. The summed E-state index contributed by atoms with van der Waals surface area (Å²) in [5, 5.41) is 2.44. The molecular weight excluding hydrogens is 126 g/mol. The third-order valence-corrected chi connectivity index (χ3v) is 1.21. The van der Waals surface area contributed by atoms with Gasteiger partial charge in [-0.3, -0.25) is 4.79 Å². The van der Waals surface area contributed by atoms with Crippen LogP contribution in [0, 0.1) is 6.92 Å². The van der Waals surface area contributed by atoms with Gasteiger partial charge in [-0.05, 0) is 24.6 Å². The number of aryl methyl sites for hydroxylation is 1. The van der Waals surface area contributed by atoms with Crippen LogP contribution in [0.25, 0.3) is 0 Å². The van der Waals surface area contributed by atoms with E-state index in [4.69, 9.17) is 0 Å². The Labute approximate surface area is 59.9 Å². The van der Waals surface area contributed by atoms with E-state index < -0.39 is 0 Å². The highest BCUT2D eigenvalue weighted by molar-refractivity contribution is 5.71. The fourth-order valence-corrected chi connectivity index (χ4v) is 0.782. The van der Waals surface area contributed by atoms with Gasteiger partial charge in [0.15, 0.2) is 0 Å². The summed E-state index contributed by atoms with van der Waals surface area (Å²) in [6.45, 7) is 1.97. The lowest BCUT2D eigenvalue weighted by atomic mass is 10.2. The van der Waals surface area contributed by atoms with Crippen molar-refractivity contribution in [2.24, 2.45) is 0 Å². The van der Waals surface area contributed by atoms with E-state index in [9.17, 15) is 4.79 Å². The second-order valence-electron chi connectivity index (χ2n) is 2.10. The lowest BCUT2D eigenvalue weighted by molar-refractivity contribution is 0.561. The van der Waals surface area contributed by atoms with Crippen molar-refractivity contribution in [1.82, 2.24) is 0 Å². The van der Waals surface area contributed by atoms with Crippen molar-refractivity contribution < 1.29 is 4.79 Å². The van der Waals surface area contributed by atoms with Gasteiger partial charge in [0.25, 0.3) is 0 Å². The van der Waals surface area contributed by atoms with Crippen LogP contribution < -0.4 is 5.32 Å². The van der Waals surface area contributed by atoms with Crippen LogP contribution in [-0.2, 0) is 4.79 Å². The van der Waals surface area contributed by atoms with Gasteiger partial charge in [0.2, 0.25) is 0 Å². The van der Waals surface area contributed by atoms with Crippen LogP contribution in [0.3, 0.4) is 0 Å². The zero-order valence-corrected chi connectivity index (χ0v) is 5.72. The molecule has 51 valence electrons. The van der Waals surface area contributed by atoms with Gasteiger partial charge in [-0.1, -0.05) is 12.1 Å². The summed E-state index contributed by atoms with van der Waals surface area (Å²) in [5.41, 5.74) is 1.91. The molecule has 10 heavy (non-hydrogen) atoms. The standard InChI is InChI=1S/C8H8NO/c1-7-3-2-4-8(5-7)9-6-10/h2-5H,1H3,(H,9,10). The smallest absolute Gasteiger partial charge is 0.314 e. The number of carbonyl (C=O) groups excluding carboxylic acids is 1. The third-order valence-electron chi connectivity index (χ3n) is 1.21. The van der Waals surface area contributed by atoms with Crippen molar-refractivity contribution in [3.05, 3.63) is 29.8 Å². The first-order valence-corrected chi connectivity index (χ1v) is 3.03. The zero-order valence-electron chi connectivity index (χ0n) is 5.72. The Balaban J connectivity index is 2.84. The zero-order chi connectivity index (χ0) is 7.40. The molecule has 0 aliphatic heterocycles. The van der Waals surface area contributed by atoms with E-state index in [1.54, 1.807) is 6.41 Å². The largest absolute Gasteiger partial charge is 0.318 e. The van der Waals surface area contributed by atoms with Crippen LogP contribution >= 0.6 is 0 Å². The van der Waals surface area contributed by atoms with E-state index in [0.29, 0.717) is 0 Å². The van der Waals surface area contributed by atoms with Gasteiger partial charge < -0.3 is 5.32 Å². The molecule has 1 aromatic rings. The summed E-state index contributed by atoms with van der Waals surface area (Å²) < 4.78 is 0. The second kappa shape index (κ2) is 3.01. The molecule has 1 aromatic carbocycles. The number of benzene rings is 1. The Morgan fingerprint density at radius 2 is 2.30 bits per heavy atom. The fraction of sp³-hybridized carbons (Fsp3) is 0.125. The number of rotatable bonds is 2. The van der Waals surface area contributed by atoms with E-state index in [2.05, 4.69) is 5.32 Å². The molecule has 0 unspecified atom stereocenters. The van der Waals surface area contributed by atoms with Crippen molar-refractivity contribution in [1.29, 1.82) is 0 Å². The number of nitrogens with one attached hydrogen (secondary N) is 1. The third kappa shape index (κ3) is 1.58. The lowest BCUT2D eigenvalue weighted by Crippen LogP contribution is -1.92. The number of anilines is 1. The van der Waals surface area contributed by atoms with Gasteiger partial charge in [0.1, 0.15) is 0 Å². The summed E-state index contributed by atoms with van der Waals surface area (Å²) in [4.78, 5) is 9.85. The molecule has 2 nitrogen and oxygen atoms in total. The van der Waals surface area contributed by atoms with Crippen molar-refractivity contribution in [3.63, 3.8) is 0 Å². The molecule has 0 atom stereocenters. The molecule has 0 aliphatic carbocycles. The maximum absolute atomic E-state index is 9.85. The van der Waals surface area contributed by atoms with Crippen molar-refractivity contribution in [3.8, 4) is 0 Å². The van der Waals surface area contributed by atoms with Gasteiger partial charge in [0, 0.05) is 5.69 Å². The molecule has 1 N–H and O–H groups in total. The molecule has 0 fully saturated rings. The lowest BCUT2D eigenvalue weighted by Gasteiger charge is -1.96. The van der Waals surface area contributed by atoms with E-state index in [0.717, 1.165) is 11.3 Å². The van der Waals surface area contributed by atoms with Crippen LogP contribution in [0.4, 0.5) is 5.69 Å². The summed E-state index contributed by atoms with van der Waals surface area (Å²) in [7, 11) is 0. The molecule has 0 saturated carbocycles. The first-order valence-electron chi connectivity index (χ1n) is 3.03. The normalized spacial score (nSPS) is 8.90. The maximum atomic E-state index is 9.85. The average molecular weight is 134 g/mol. The molecule has 2 heteroatoms. The molecule has 0 saturated heterocycles. The Bertz CT molecular complexity index is 232. The Kier molecular flexibility index (Phi) is 2.05. The first-order chi connectivity index (χ1) is 4.83. The van der Waals surface area contributed by atoms with Crippen LogP contribution in [0.15, 0.2) is 24.3 Å². The van der Waals surface area contributed by atoms with Gasteiger partial charge in [-0.15, -0.1) is 0 Å². The predicted octanol–water partition coefficient (Wildman–Crippen LogP) is 1.47. The van der Waals surface area contributed by atoms with Crippen molar-refractivity contribution in [2.75, 3.05) is 5.32 Å². The summed E-state index contributed by atoms with van der Waals surface area (Å²) in [6, 6.07) is 7.55. The summed E-state index contributed by atoms with van der Waals surface area (Å²) in [6.07, 6.45) is 1.61. The molecule has 1 radical (unpaired) electrons. The first kappa shape index (κ1) is 6.81. The van der Waals surface area contributed by atoms with Crippen molar-refractivity contribution in [2.45, 2.75) is 6.92 Å². The van der Waals surface area contributed by atoms with Gasteiger partial charge in [0.05, 0.1) is 0 Å². The van der Waals surface area contributed by atoms with Gasteiger partial charge >= 0.3 is 6.41 Å². The molecule has 0 aromatic heterocycles. The average Bonchev–Trinajstić information content (AvgIpc) is 1.88. The minimum atomic E-state index is 0.787. The monoisotopic (exact) mass is 134 g/mol. The SMILES string of the molecule is Cc1cccc(N[C]=O)c1. The van der Waals surface area contributed by atoms with Crippen LogP contribution in [0.2, 0.25) is 0 Å². The van der Waals surface area contributed by atoms with Gasteiger partial charge in [-0.2, -0.15) is 0 Å². The number of hydrogen-bond acceptors (Lipinski definition) is 1. The van der Waals surface area contributed by atoms with Crippen LogP contribution in [0.1, 0.15) is 5.56 Å². The second-order valence-corrected chi connectivity index (χ2v) is 2.10.